The van der Waals surface area contributed by atoms with E-state index in [1.165, 1.54) is 6.07 Å². The number of carbonyl (C=O) groups is 1. The van der Waals surface area contributed by atoms with Crippen LogP contribution in [-0.2, 0) is 9.53 Å². The molecule has 3 heterocycles. The van der Waals surface area contributed by atoms with Gasteiger partial charge in [0.05, 0.1) is 23.0 Å². The highest BCUT2D eigenvalue weighted by Crippen LogP contribution is 2.35. The molecule has 1 aromatic carbocycles. The van der Waals surface area contributed by atoms with E-state index in [1.54, 1.807) is 30.3 Å². The number of carbonyl (C=O) groups excluding carboxylic acids is 1. The molecule has 1 amide bonds. The van der Waals surface area contributed by atoms with E-state index < -0.39 is 0 Å². The van der Waals surface area contributed by atoms with Crippen molar-refractivity contribution >= 4 is 51.7 Å². The summed E-state index contributed by atoms with van der Waals surface area (Å²) < 4.78 is 11.5. The Bertz CT molecular complexity index is 995. The van der Waals surface area contributed by atoms with Crippen molar-refractivity contribution in [3.63, 3.8) is 0 Å². The predicted octanol–water partition coefficient (Wildman–Crippen LogP) is 3.18. The van der Waals surface area contributed by atoms with Crippen molar-refractivity contribution in [2.75, 3.05) is 31.2 Å². The van der Waals surface area contributed by atoms with Crippen LogP contribution >= 0.6 is 24.0 Å². The third kappa shape index (κ3) is 3.79. The third-order valence-corrected chi connectivity index (χ3v) is 5.51. The van der Waals surface area contributed by atoms with Gasteiger partial charge in [0.2, 0.25) is 0 Å². The number of amides is 1. The van der Waals surface area contributed by atoms with E-state index in [1.807, 2.05) is 4.90 Å². The summed E-state index contributed by atoms with van der Waals surface area (Å²) >= 11 is 6.12. The minimum absolute atomic E-state index is 0.0202. The molecule has 1 aromatic heterocycles. The molecule has 2 aliphatic rings. The van der Waals surface area contributed by atoms with Crippen LogP contribution in [0.1, 0.15) is 5.76 Å². The molecule has 0 unspecified atom stereocenters. The lowest BCUT2D eigenvalue weighted by atomic mass is 10.1. The van der Waals surface area contributed by atoms with Gasteiger partial charge in [0.15, 0.2) is 0 Å². The van der Waals surface area contributed by atoms with Crippen molar-refractivity contribution in [3.8, 4) is 11.3 Å². The third-order valence-electron chi connectivity index (χ3n) is 4.35. The molecule has 0 spiro atoms. The van der Waals surface area contributed by atoms with Crippen LogP contribution in [0.15, 0.2) is 39.7 Å². The summed E-state index contributed by atoms with van der Waals surface area (Å²) in [6.07, 6.45) is 1.60. The SMILES string of the molecule is O=C1NC(=S)S/C1=C\c1ccc(-c2ccc(N3CCOCC3)c([N+](=O)[O-])c2)o1. The molecule has 2 aromatic rings. The molecule has 2 saturated heterocycles. The van der Waals surface area contributed by atoms with Crippen LogP contribution in [0.5, 0.6) is 0 Å². The van der Waals surface area contributed by atoms with Crippen molar-refractivity contribution in [1.82, 2.24) is 5.32 Å². The molecule has 1 N–H and O–H groups in total. The number of rotatable bonds is 4. The fourth-order valence-corrected chi connectivity index (χ4v) is 4.05. The van der Waals surface area contributed by atoms with Crippen LogP contribution in [0.2, 0.25) is 0 Å². The van der Waals surface area contributed by atoms with Crippen molar-refractivity contribution in [1.29, 1.82) is 0 Å². The molecule has 28 heavy (non-hydrogen) atoms. The number of anilines is 1. The van der Waals surface area contributed by atoms with Crippen LogP contribution in [0.25, 0.3) is 17.4 Å². The number of morpholine rings is 1. The summed E-state index contributed by atoms with van der Waals surface area (Å²) in [5.74, 6) is 0.685. The molecule has 10 heteroatoms. The van der Waals surface area contributed by atoms with E-state index in [0.717, 1.165) is 11.8 Å². The van der Waals surface area contributed by atoms with Gasteiger partial charge in [-0.2, -0.15) is 0 Å². The average molecular weight is 417 g/mol. The normalized spacial score (nSPS) is 18.6. The standard InChI is InChI=1S/C18H15N3O5S2/c22-17-16(28-18(27)19-17)10-12-2-4-15(26-12)11-1-3-13(14(9-11)21(23)24)20-5-7-25-8-6-20/h1-4,9-10H,5-8H2,(H,19,22,27)/b16-10-. The zero-order valence-corrected chi connectivity index (χ0v) is 16.2. The first kappa shape index (κ1) is 18.7. The highest BCUT2D eigenvalue weighted by atomic mass is 32.2. The van der Waals surface area contributed by atoms with Gasteiger partial charge in [-0.3, -0.25) is 14.9 Å². The number of benzene rings is 1. The smallest absolute Gasteiger partial charge is 0.293 e. The number of nitro benzene ring substituents is 1. The fourth-order valence-electron chi connectivity index (χ4n) is 3.03. The number of nitro groups is 1. The van der Waals surface area contributed by atoms with E-state index in [4.69, 9.17) is 21.4 Å². The van der Waals surface area contributed by atoms with Gasteiger partial charge in [0, 0.05) is 30.8 Å². The molecule has 0 atom stereocenters. The lowest BCUT2D eigenvalue weighted by Gasteiger charge is -2.28. The Balaban J connectivity index is 1.63. The van der Waals surface area contributed by atoms with E-state index in [-0.39, 0.29) is 16.5 Å². The van der Waals surface area contributed by atoms with Gasteiger partial charge in [-0.05, 0) is 24.3 Å². The molecular weight excluding hydrogens is 402 g/mol. The second-order valence-electron chi connectivity index (χ2n) is 6.11. The molecule has 8 nitrogen and oxygen atoms in total. The van der Waals surface area contributed by atoms with Crippen LogP contribution in [0.3, 0.4) is 0 Å². The van der Waals surface area contributed by atoms with E-state index in [9.17, 15) is 14.9 Å². The second-order valence-corrected chi connectivity index (χ2v) is 7.83. The van der Waals surface area contributed by atoms with Gasteiger partial charge in [-0.15, -0.1) is 0 Å². The van der Waals surface area contributed by atoms with Gasteiger partial charge in [-0.1, -0.05) is 24.0 Å². The van der Waals surface area contributed by atoms with Crippen molar-refractivity contribution in [2.45, 2.75) is 0 Å². The summed E-state index contributed by atoms with van der Waals surface area (Å²) in [4.78, 5) is 25.4. The summed E-state index contributed by atoms with van der Waals surface area (Å²) in [6.45, 7) is 2.31. The number of ether oxygens (including phenoxy) is 1. The summed E-state index contributed by atoms with van der Waals surface area (Å²) in [7, 11) is 0. The first-order chi connectivity index (χ1) is 13.5. The number of nitrogens with one attached hydrogen (secondary N) is 1. The zero-order chi connectivity index (χ0) is 19.7. The van der Waals surface area contributed by atoms with Crippen LogP contribution < -0.4 is 10.2 Å². The number of hydrogen-bond acceptors (Lipinski definition) is 8. The number of thioether (sulfide) groups is 1. The largest absolute Gasteiger partial charge is 0.457 e. The lowest BCUT2D eigenvalue weighted by molar-refractivity contribution is -0.384. The molecule has 0 radical (unpaired) electrons. The summed E-state index contributed by atoms with van der Waals surface area (Å²) in [5.41, 5.74) is 1.18. The monoisotopic (exact) mass is 417 g/mol. The topological polar surface area (TPSA) is 97.9 Å². The Labute approximate surface area is 169 Å². The van der Waals surface area contributed by atoms with Crippen LogP contribution in [-0.4, -0.2) is 41.5 Å². The summed E-state index contributed by atoms with van der Waals surface area (Å²) in [5, 5.41) is 14.1. The highest BCUT2D eigenvalue weighted by molar-refractivity contribution is 8.26. The molecule has 4 rings (SSSR count). The van der Waals surface area contributed by atoms with E-state index >= 15 is 0 Å². The minimum Gasteiger partial charge on any atom is -0.457 e. The summed E-state index contributed by atoms with van der Waals surface area (Å²) in [6, 6.07) is 8.46. The Hall–Kier alpha value is -2.69. The Kier molecular flexibility index (Phi) is 5.16. The van der Waals surface area contributed by atoms with Gasteiger partial charge in [0.25, 0.3) is 11.6 Å². The zero-order valence-electron chi connectivity index (χ0n) is 14.5. The van der Waals surface area contributed by atoms with Gasteiger partial charge < -0.3 is 19.4 Å². The van der Waals surface area contributed by atoms with E-state index in [2.05, 4.69) is 5.32 Å². The first-order valence-corrected chi connectivity index (χ1v) is 9.70. The Morgan fingerprint density at radius 3 is 2.71 bits per heavy atom. The number of thiocarbonyl (C=S) groups is 1. The molecule has 2 aliphatic heterocycles. The molecule has 0 saturated carbocycles. The first-order valence-electron chi connectivity index (χ1n) is 8.47. The Morgan fingerprint density at radius 1 is 1.25 bits per heavy atom. The maximum atomic E-state index is 11.8. The minimum atomic E-state index is -0.388. The van der Waals surface area contributed by atoms with Crippen LogP contribution in [0, 0.1) is 10.1 Å². The van der Waals surface area contributed by atoms with Gasteiger partial charge in [-0.25, -0.2) is 0 Å². The van der Waals surface area contributed by atoms with Crippen molar-refractivity contribution in [2.24, 2.45) is 0 Å². The second kappa shape index (κ2) is 7.74. The van der Waals surface area contributed by atoms with E-state index in [0.29, 0.717) is 58.3 Å². The predicted molar refractivity (Wildman–Crippen MR) is 110 cm³/mol. The quantitative estimate of drug-likeness (QED) is 0.351. The molecule has 0 aliphatic carbocycles. The number of nitrogens with zero attached hydrogens (tertiary/aromatic N) is 2. The van der Waals surface area contributed by atoms with Crippen LogP contribution in [0.4, 0.5) is 11.4 Å². The van der Waals surface area contributed by atoms with Gasteiger partial charge >= 0.3 is 0 Å². The van der Waals surface area contributed by atoms with Crippen molar-refractivity contribution < 1.29 is 18.9 Å². The molecule has 144 valence electrons. The molecule has 0 bridgehead atoms. The number of furan rings is 1. The molecular formula is C18H15N3O5S2. The Morgan fingerprint density at radius 2 is 2.04 bits per heavy atom. The average Bonchev–Trinajstić information content (AvgIpc) is 3.28. The van der Waals surface area contributed by atoms with Crippen molar-refractivity contribution in [3.05, 3.63) is 51.1 Å². The maximum absolute atomic E-state index is 11.8. The van der Waals surface area contributed by atoms with Gasteiger partial charge in [0.1, 0.15) is 21.5 Å². The lowest BCUT2D eigenvalue weighted by Crippen LogP contribution is -2.36. The fraction of sp³-hybridized carbons (Fsp3) is 0.222. The number of hydrogen-bond donors (Lipinski definition) is 1. The molecule has 2 fully saturated rings. The highest BCUT2D eigenvalue weighted by Gasteiger charge is 2.24. The maximum Gasteiger partial charge on any atom is 0.293 e.